The van der Waals surface area contributed by atoms with Crippen molar-refractivity contribution in [3.05, 3.63) is 29.8 Å². The summed E-state index contributed by atoms with van der Waals surface area (Å²) in [6.07, 6.45) is 4.75. The van der Waals surface area contributed by atoms with E-state index in [0.717, 1.165) is 43.8 Å². The molecule has 2 atom stereocenters. The predicted octanol–water partition coefficient (Wildman–Crippen LogP) is 2.85. The van der Waals surface area contributed by atoms with Crippen LogP contribution in [0.4, 0.5) is 0 Å². The lowest BCUT2D eigenvalue weighted by atomic mass is 10.0. The summed E-state index contributed by atoms with van der Waals surface area (Å²) in [5.41, 5.74) is 1.15. The molecule has 1 amide bonds. The highest BCUT2D eigenvalue weighted by Crippen LogP contribution is 2.28. The molecule has 3 rings (SSSR count). The lowest BCUT2D eigenvalue weighted by Crippen LogP contribution is -2.51. The number of piperidine rings is 1. The average Bonchev–Trinajstić information content (AvgIpc) is 3.12. The van der Waals surface area contributed by atoms with Crippen molar-refractivity contribution in [2.24, 2.45) is 0 Å². The number of benzene rings is 1. The summed E-state index contributed by atoms with van der Waals surface area (Å²) in [6.45, 7) is 5.01. The van der Waals surface area contributed by atoms with Crippen LogP contribution < -0.4 is 10.1 Å². The monoisotopic (exact) mass is 348 g/mol. The molecule has 5 heteroatoms. The number of carbonyl (C=O) groups is 1. The molecule has 1 N–H and O–H groups in total. The van der Waals surface area contributed by atoms with Gasteiger partial charge in [0.15, 0.2) is 6.61 Å². The number of nitrogens with zero attached hydrogens (tertiary/aromatic N) is 1. The van der Waals surface area contributed by atoms with Gasteiger partial charge in [0.25, 0.3) is 5.91 Å². The van der Waals surface area contributed by atoms with Gasteiger partial charge in [-0.05, 0) is 62.6 Å². The Bertz CT molecular complexity index is 540. The number of nitrogens with one attached hydrogen (secondary N) is 1. The van der Waals surface area contributed by atoms with Crippen LogP contribution in [0.5, 0.6) is 5.75 Å². The molecule has 2 heterocycles. The molecular formula is C19H28N2O2S. The Morgan fingerprint density at radius 2 is 2.29 bits per heavy atom. The standard InChI is InChI=1S/C19H28N2O2S/c1-15-5-2-7-17(11-15)23-14-19(22)21(13-18-8-4-10-24-18)16-6-3-9-20-12-16/h2,5,7,11,16,18,20H,3-4,6,8-10,12-14H2,1H3. The van der Waals surface area contributed by atoms with Crippen LogP contribution in [0.3, 0.4) is 0 Å². The molecule has 0 saturated carbocycles. The number of hydrogen-bond donors (Lipinski definition) is 1. The molecule has 24 heavy (non-hydrogen) atoms. The van der Waals surface area contributed by atoms with E-state index in [4.69, 9.17) is 4.74 Å². The van der Waals surface area contributed by atoms with Gasteiger partial charge in [0, 0.05) is 24.4 Å². The van der Waals surface area contributed by atoms with Gasteiger partial charge in [-0.25, -0.2) is 0 Å². The van der Waals surface area contributed by atoms with Crippen molar-refractivity contribution in [3.8, 4) is 5.75 Å². The number of ether oxygens (including phenoxy) is 1. The second kappa shape index (κ2) is 8.77. The number of thioether (sulfide) groups is 1. The summed E-state index contributed by atoms with van der Waals surface area (Å²) in [4.78, 5) is 14.9. The van der Waals surface area contributed by atoms with Crippen molar-refractivity contribution in [2.75, 3.05) is 32.0 Å². The lowest BCUT2D eigenvalue weighted by molar-refractivity contribution is -0.136. The maximum absolute atomic E-state index is 12.9. The van der Waals surface area contributed by atoms with Gasteiger partial charge in [0.05, 0.1) is 0 Å². The van der Waals surface area contributed by atoms with Gasteiger partial charge in [-0.2, -0.15) is 11.8 Å². The minimum absolute atomic E-state index is 0.123. The maximum atomic E-state index is 12.9. The molecule has 2 fully saturated rings. The molecular weight excluding hydrogens is 320 g/mol. The molecule has 2 aliphatic rings. The van der Waals surface area contributed by atoms with Crippen molar-refractivity contribution in [3.63, 3.8) is 0 Å². The normalized spacial score (nSPS) is 23.9. The molecule has 1 aromatic carbocycles. The summed E-state index contributed by atoms with van der Waals surface area (Å²) >= 11 is 2.01. The first kappa shape index (κ1) is 17.6. The van der Waals surface area contributed by atoms with E-state index in [1.807, 2.05) is 43.0 Å². The smallest absolute Gasteiger partial charge is 0.260 e. The molecule has 132 valence electrons. The van der Waals surface area contributed by atoms with Gasteiger partial charge >= 0.3 is 0 Å². The van der Waals surface area contributed by atoms with Crippen LogP contribution in [0.25, 0.3) is 0 Å². The molecule has 1 aromatic rings. The third kappa shape index (κ3) is 4.90. The molecule has 0 bridgehead atoms. The summed E-state index contributed by atoms with van der Waals surface area (Å²) in [6, 6.07) is 8.21. The zero-order chi connectivity index (χ0) is 16.8. The minimum atomic E-state index is 0.123. The average molecular weight is 349 g/mol. The molecule has 0 spiro atoms. The van der Waals surface area contributed by atoms with Crippen LogP contribution in [0.1, 0.15) is 31.2 Å². The van der Waals surface area contributed by atoms with E-state index in [1.165, 1.54) is 18.6 Å². The van der Waals surface area contributed by atoms with E-state index >= 15 is 0 Å². The summed E-state index contributed by atoms with van der Waals surface area (Å²) in [5, 5.41) is 4.03. The largest absolute Gasteiger partial charge is 0.484 e. The van der Waals surface area contributed by atoms with Crippen LogP contribution >= 0.6 is 11.8 Å². The van der Waals surface area contributed by atoms with Crippen LogP contribution in [0.15, 0.2) is 24.3 Å². The van der Waals surface area contributed by atoms with Gasteiger partial charge in [-0.3, -0.25) is 4.79 Å². The molecule has 2 saturated heterocycles. The first-order valence-electron chi connectivity index (χ1n) is 9.03. The maximum Gasteiger partial charge on any atom is 0.260 e. The summed E-state index contributed by atoms with van der Waals surface area (Å²) < 4.78 is 5.77. The topological polar surface area (TPSA) is 41.6 Å². The number of rotatable bonds is 6. The Kier molecular flexibility index (Phi) is 6.44. The lowest BCUT2D eigenvalue weighted by Gasteiger charge is -2.36. The fourth-order valence-electron chi connectivity index (χ4n) is 3.49. The van der Waals surface area contributed by atoms with E-state index in [2.05, 4.69) is 10.2 Å². The Labute approximate surface area is 149 Å². The summed E-state index contributed by atoms with van der Waals surface area (Å²) in [5.74, 6) is 2.13. The third-order valence-corrected chi connectivity index (χ3v) is 6.19. The fourth-order valence-corrected chi connectivity index (χ4v) is 4.76. The van der Waals surface area contributed by atoms with Crippen LogP contribution in [-0.4, -0.2) is 54.1 Å². The van der Waals surface area contributed by atoms with Gasteiger partial charge in [-0.1, -0.05) is 12.1 Å². The molecule has 0 radical (unpaired) electrons. The van der Waals surface area contributed by atoms with Crippen molar-refractivity contribution < 1.29 is 9.53 Å². The summed E-state index contributed by atoms with van der Waals surface area (Å²) in [7, 11) is 0. The second-order valence-electron chi connectivity index (χ2n) is 6.79. The molecule has 2 unspecified atom stereocenters. The first-order chi connectivity index (χ1) is 11.7. The highest BCUT2D eigenvalue weighted by Gasteiger charge is 2.29. The van der Waals surface area contributed by atoms with Crippen LogP contribution in [-0.2, 0) is 4.79 Å². The molecule has 0 aromatic heterocycles. The van der Waals surface area contributed by atoms with Crippen molar-refractivity contribution in [2.45, 2.75) is 43.9 Å². The Balaban J connectivity index is 1.60. The van der Waals surface area contributed by atoms with Gasteiger partial charge in [0.1, 0.15) is 5.75 Å². The Hall–Kier alpha value is -1.20. The number of aryl methyl sites for hydroxylation is 1. The van der Waals surface area contributed by atoms with E-state index in [9.17, 15) is 4.79 Å². The first-order valence-corrected chi connectivity index (χ1v) is 10.1. The Morgan fingerprint density at radius 1 is 1.38 bits per heavy atom. The Morgan fingerprint density at radius 3 is 3.00 bits per heavy atom. The molecule has 4 nitrogen and oxygen atoms in total. The highest BCUT2D eigenvalue weighted by atomic mass is 32.2. The third-order valence-electron chi connectivity index (χ3n) is 4.81. The second-order valence-corrected chi connectivity index (χ2v) is 8.19. The van der Waals surface area contributed by atoms with E-state index in [0.29, 0.717) is 11.3 Å². The quantitative estimate of drug-likeness (QED) is 0.858. The van der Waals surface area contributed by atoms with E-state index in [1.54, 1.807) is 0 Å². The number of hydrogen-bond acceptors (Lipinski definition) is 4. The number of amides is 1. The molecule has 2 aliphatic heterocycles. The minimum Gasteiger partial charge on any atom is -0.484 e. The van der Waals surface area contributed by atoms with E-state index < -0.39 is 0 Å². The predicted molar refractivity (Wildman–Crippen MR) is 99.8 cm³/mol. The molecule has 0 aliphatic carbocycles. The number of carbonyl (C=O) groups excluding carboxylic acids is 1. The van der Waals surface area contributed by atoms with Gasteiger partial charge in [0.2, 0.25) is 0 Å². The van der Waals surface area contributed by atoms with Crippen LogP contribution in [0.2, 0.25) is 0 Å². The van der Waals surface area contributed by atoms with E-state index in [-0.39, 0.29) is 12.5 Å². The fraction of sp³-hybridized carbons (Fsp3) is 0.632. The highest BCUT2D eigenvalue weighted by molar-refractivity contribution is 8.00. The zero-order valence-electron chi connectivity index (χ0n) is 14.5. The van der Waals surface area contributed by atoms with Gasteiger partial charge in [-0.15, -0.1) is 0 Å². The zero-order valence-corrected chi connectivity index (χ0v) is 15.3. The van der Waals surface area contributed by atoms with Gasteiger partial charge < -0.3 is 15.0 Å². The van der Waals surface area contributed by atoms with Crippen molar-refractivity contribution in [1.29, 1.82) is 0 Å². The van der Waals surface area contributed by atoms with Crippen molar-refractivity contribution >= 4 is 17.7 Å². The van der Waals surface area contributed by atoms with Crippen molar-refractivity contribution in [1.82, 2.24) is 10.2 Å². The SMILES string of the molecule is Cc1cccc(OCC(=O)N(CC2CCCS2)C2CCCNC2)c1. The van der Waals surface area contributed by atoms with Crippen LogP contribution in [0, 0.1) is 6.92 Å².